The van der Waals surface area contributed by atoms with E-state index in [1.54, 1.807) is 0 Å². The molecule has 0 radical (unpaired) electrons. The molecule has 0 aliphatic carbocycles. The Balaban J connectivity index is 3.04. The number of rotatable bonds is 1. The maximum absolute atomic E-state index is 12.4. The summed E-state index contributed by atoms with van der Waals surface area (Å²) in [6.45, 7) is 0. The highest BCUT2D eigenvalue weighted by Crippen LogP contribution is 2.43. The van der Waals surface area contributed by atoms with Crippen LogP contribution in [0.2, 0.25) is 0 Å². The van der Waals surface area contributed by atoms with Gasteiger partial charge in [-0.15, -0.1) is 23.5 Å². The van der Waals surface area contributed by atoms with Crippen molar-refractivity contribution < 1.29 is 22.7 Å². The van der Waals surface area contributed by atoms with Crippen molar-refractivity contribution in [2.45, 2.75) is 6.18 Å². The molecule has 0 N–H and O–H groups in total. The van der Waals surface area contributed by atoms with Gasteiger partial charge in [0.05, 0.1) is 11.3 Å². The third-order valence-electron chi connectivity index (χ3n) is 1.43. The molecule has 80 valence electrons. The van der Waals surface area contributed by atoms with Crippen LogP contribution < -0.4 is 0 Å². The van der Waals surface area contributed by atoms with Gasteiger partial charge in [0.25, 0.3) is 0 Å². The van der Waals surface area contributed by atoms with Gasteiger partial charge < -0.3 is 4.74 Å². The van der Waals surface area contributed by atoms with E-state index >= 15 is 0 Å². The Kier molecular flexibility index (Phi) is 3.77. The van der Waals surface area contributed by atoms with E-state index in [1.807, 2.05) is 0 Å². The second kappa shape index (κ2) is 4.48. The molecule has 0 aromatic carbocycles. The number of halogens is 3. The van der Waals surface area contributed by atoms with Gasteiger partial charge in [0.1, 0.15) is 0 Å². The van der Waals surface area contributed by atoms with Crippen molar-refractivity contribution in [1.82, 2.24) is 0 Å². The highest BCUT2D eigenvalue weighted by atomic mass is 32.2. The number of esters is 1. The van der Waals surface area contributed by atoms with Gasteiger partial charge in [0.2, 0.25) is 0 Å². The smallest absolute Gasteiger partial charge is 0.424 e. The van der Waals surface area contributed by atoms with Crippen LogP contribution in [0.15, 0.2) is 9.81 Å². The van der Waals surface area contributed by atoms with Crippen molar-refractivity contribution in [2.75, 3.05) is 18.6 Å². The number of carbonyl (C=O) groups is 1. The zero-order valence-corrected chi connectivity index (χ0v) is 8.81. The molecule has 1 aliphatic rings. The monoisotopic (exact) mass is 244 g/mol. The normalized spacial score (nSPS) is 17.0. The van der Waals surface area contributed by atoms with E-state index in [0.717, 1.165) is 30.6 Å². The van der Waals surface area contributed by atoms with Gasteiger partial charge in [-0.1, -0.05) is 0 Å². The van der Waals surface area contributed by atoms with Crippen LogP contribution in [0, 0.1) is 0 Å². The van der Waals surface area contributed by atoms with Crippen molar-refractivity contribution in [1.29, 1.82) is 0 Å². The van der Waals surface area contributed by atoms with E-state index in [4.69, 9.17) is 0 Å². The fourth-order valence-corrected chi connectivity index (χ4v) is 3.43. The molecule has 1 aliphatic heterocycles. The summed E-state index contributed by atoms with van der Waals surface area (Å²) in [5.74, 6) is -0.123. The summed E-state index contributed by atoms with van der Waals surface area (Å²) in [5, 5.41) is 0. The van der Waals surface area contributed by atoms with E-state index in [-0.39, 0.29) is 4.24 Å². The lowest BCUT2D eigenvalue weighted by Crippen LogP contribution is -2.22. The number of ether oxygens (including phenoxy) is 1. The molecule has 0 bridgehead atoms. The van der Waals surface area contributed by atoms with Crippen LogP contribution in [0.25, 0.3) is 0 Å². The maximum atomic E-state index is 12.4. The molecule has 7 heteroatoms. The first-order chi connectivity index (χ1) is 6.46. The lowest BCUT2D eigenvalue weighted by molar-refractivity contribution is -0.148. The van der Waals surface area contributed by atoms with Crippen molar-refractivity contribution >= 4 is 29.5 Å². The molecule has 1 heterocycles. The van der Waals surface area contributed by atoms with Crippen molar-refractivity contribution in [2.24, 2.45) is 0 Å². The first-order valence-electron chi connectivity index (χ1n) is 3.62. The highest BCUT2D eigenvalue weighted by Gasteiger charge is 2.43. The zero-order chi connectivity index (χ0) is 10.8. The third-order valence-corrected chi connectivity index (χ3v) is 4.14. The van der Waals surface area contributed by atoms with Crippen molar-refractivity contribution in [3.8, 4) is 0 Å². The topological polar surface area (TPSA) is 26.3 Å². The summed E-state index contributed by atoms with van der Waals surface area (Å²) in [6, 6.07) is 0. The Labute approximate surface area is 87.3 Å². The minimum Gasteiger partial charge on any atom is -0.465 e. The third kappa shape index (κ3) is 2.60. The Morgan fingerprint density at radius 2 is 1.86 bits per heavy atom. The van der Waals surface area contributed by atoms with Gasteiger partial charge in [0, 0.05) is 11.5 Å². The van der Waals surface area contributed by atoms with E-state index < -0.39 is 17.7 Å². The molecule has 1 fully saturated rings. The van der Waals surface area contributed by atoms with Crippen LogP contribution >= 0.6 is 23.5 Å². The summed E-state index contributed by atoms with van der Waals surface area (Å²) in [4.78, 5) is 10.9. The second-order valence-corrected chi connectivity index (χ2v) is 4.82. The average molecular weight is 244 g/mol. The number of thioether (sulfide) groups is 2. The average Bonchev–Trinajstić information content (AvgIpc) is 2.54. The van der Waals surface area contributed by atoms with E-state index in [1.165, 1.54) is 0 Å². The summed E-state index contributed by atoms with van der Waals surface area (Å²) >= 11 is 2.09. The van der Waals surface area contributed by atoms with E-state index in [9.17, 15) is 18.0 Å². The second-order valence-electron chi connectivity index (χ2n) is 2.35. The molecule has 0 aromatic heterocycles. The van der Waals surface area contributed by atoms with Crippen LogP contribution in [0.5, 0.6) is 0 Å². The molecule has 0 amide bonds. The predicted octanol–water partition coefficient (Wildman–Crippen LogP) is 2.41. The molecule has 0 saturated carbocycles. The van der Waals surface area contributed by atoms with Crippen LogP contribution in [-0.4, -0.2) is 30.8 Å². The van der Waals surface area contributed by atoms with Gasteiger partial charge in [-0.25, -0.2) is 4.79 Å². The van der Waals surface area contributed by atoms with Gasteiger partial charge >= 0.3 is 12.1 Å². The lowest BCUT2D eigenvalue weighted by atomic mass is 10.3. The van der Waals surface area contributed by atoms with Crippen molar-refractivity contribution in [3.05, 3.63) is 9.81 Å². The fourth-order valence-electron chi connectivity index (χ4n) is 0.872. The molecule has 14 heavy (non-hydrogen) atoms. The van der Waals surface area contributed by atoms with Gasteiger partial charge in [-0.05, 0) is 0 Å². The minimum absolute atomic E-state index is 0.0179. The molecular formula is C7H7F3O2S2. The molecule has 2 nitrogen and oxygen atoms in total. The Morgan fingerprint density at radius 1 is 1.36 bits per heavy atom. The molecule has 0 spiro atoms. The van der Waals surface area contributed by atoms with Gasteiger partial charge in [0.15, 0.2) is 5.57 Å². The quantitative estimate of drug-likeness (QED) is 0.522. The first-order valence-corrected chi connectivity index (χ1v) is 5.59. The van der Waals surface area contributed by atoms with Crippen LogP contribution in [0.3, 0.4) is 0 Å². The standard InChI is InChI=1S/C7H7F3O2S2/c1-12-5(11)4(7(8,9)10)6-13-2-3-14-6/h2-3H2,1H3. The fraction of sp³-hybridized carbons (Fsp3) is 0.571. The summed E-state index contributed by atoms with van der Waals surface area (Å²) in [5.41, 5.74) is -1.17. The lowest BCUT2D eigenvalue weighted by Gasteiger charge is -2.11. The molecule has 1 saturated heterocycles. The molecule has 0 unspecified atom stereocenters. The Hall–Kier alpha value is -0.300. The summed E-state index contributed by atoms with van der Waals surface area (Å²) in [6.07, 6.45) is -4.63. The molecule has 0 atom stereocenters. The van der Waals surface area contributed by atoms with E-state index in [0.29, 0.717) is 11.5 Å². The molecule has 1 rings (SSSR count). The van der Waals surface area contributed by atoms with Crippen LogP contribution in [-0.2, 0) is 9.53 Å². The Bertz CT molecular complexity index is 265. The van der Waals surface area contributed by atoms with E-state index in [2.05, 4.69) is 4.74 Å². The largest absolute Gasteiger partial charge is 0.465 e. The first kappa shape index (κ1) is 11.8. The number of hydrogen-bond donors (Lipinski definition) is 0. The number of carbonyl (C=O) groups excluding carboxylic acids is 1. The van der Waals surface area contributed by atoms with Crippen molar-refractivity contribution in [3.63, 3.8) is 0 Å². The predicted molar refractivity (Wildman–Crippen MR) is 50.0 cm³/mol. The van der Waals surface area contributed by atoms with Crippen LogP contribution in [0.1, 0.15) is 0 Å². The molecule has 0 aromatic rings. The summed E-state index contributed by atoms with van der Waals surface area (Å²) in [7, 11) is 0.943. The Morgan fingerprint density at radius 3 is 2.21 bits per heavy atom. The van der Waals surface area contributed by atoms with Gasteiger partial charge in [-0.3, -0.25) is 0 Å². The number of alkyl halides is 3. The van der Waals surface area contributed by atoms with Crippen LogP contribution in [0.4, 0.5) is 13.2 Å². The van der Waals surface area contributed by atoms with Gasteiger partial charge in [-0.2, -0.15) is 13.2 Å². The zero-order valence-electron chi connectivity index (χ0n) is 7.18. The number of methoxy groups -OCH3 is 1. The number of hydrogen-bond acceptors (Lipinski definition) is 4. The molecular weight excluding hydrogens is 237 g/mol. The SMILES string of the molecule is COC(=O)C(=C1SCCS1)C(F)(F)F. The highest BCUT2D eigenvalue weighted by molar-refractivity contribution is 8.25. The maximum Gasteiger partial charge on any atom is 0.424 e. The summed E-state index contributed by atoms with van der Waals surface area (Å²) < 4.78 is 41.4. The minimum atomic E-state index is -4.63.